The lowest BCUT2D eigenvalue weighted by atomic mass is 10.1. The quantitative estimate of drug-likeness (QED) is 0.433. The minimum atomic E-state index is -1.11. The van der Waals surface area contributed by atoms with Crippen LogP contribution in [0, 0.1) is 0 Å². The lowest BCUT2D eigenvalue weighted by Crippen LogP contribution is -2.04. The lowest BCUT2D eigenvalue weighted by Gasteiger charge is -2.00. The predicted molar refractivity (Wildman–Crippen MR) is 47.6 cm³/mol. The van der Waals surface area contributed by atoms with Gasteiger partial charge in [0.2, 0.25) is 0 Å². The molecule has 0 fully saturated rings. The van der Waals surface area contributed by atoms with Gasteiger partial charge in [0.05, 0.1) is 5.56 Å². The van der Waals surface area contributed by atoms with Crippen LogP contribution in [0.2, 0.25) is 0 Å². The third kappa shape index (κ3) is 1.97. The monoisotopic (exact) mass is 199 g/mol. The Bertz CT molecular complexity index is 362. The molecular weight excluding hydrogens is 194 g/mol. The molecule has 0 radical (unpaired) electrons. The zero-order chi connectivity index (χ0) is 9.84. The number of carbonyl (C=O) groups is 1. The van der Waals surface area contributed by atoms with Crippen molar-refractivity contribution in [3.8, 4) is 0 Å². The number of hydrogen-bond acceptors (Lipinski definition) is 3. The average Bonchev–Trinajstić information content (AvgIpc) is 2.16. The van der Waals surface area contributed by atoms with Gasteiger partial charge in [-0.3, -0.25) is 0 Å². The second-order valence-corrected chi connectivity index (χ2v) is 2.60. The van der Waals surface area contributed by atoms with Gasteiger partial charge in [-0.25, -0.2) is 4.79 Å². The van der Waals surface area contributed by atoms with Gasteiger partial charge in [0.25, 0.3) is 0 Å². The van der Waals surface area contributed by atoms with Crippen LogP contribution < -0.4 is 0 Å². The summed E-state index contributed by atoms with van der Waals surface area (Å²) in [7, 11) is 0. The molecule has 2 N–H and O–H groups in total. The van der Waals surface area contributed by atoms with E-state index in [0.717, 1.165) is 0 Å². The molecule has 0 aromatic heterocycles. The van der Waals surface area contributed by atoms with E-state index >= 15 is 0 Å². The molecule has 1 aromatic rings. The molecule has 0 saturated heterocycles. The molecule has 1 rings (SSSR count). The standard InChI is InChI=1S/C8H6ClNO3/c9-7(10-13)5-3-1-2-4-6(5)8(11)12/h1-4,13H,(H,11,12)/b10-7+. The van der Waals surface area contributed by atoms with Gasteiger partial charge >= 0.3 is 5.97 Å². The normalized spacial score (nSPS) is 11.3. The van der Waals surface area contributed by atoms with Gasteiger partial charge in [-0.05, 0) is 6.07 Å². The van der Waals surface area contributed by atoms with Crippen molar-refractivity contribution in [2.75, 3.05) is 0 Å². The highest BCUT2D eigenvalue weighted by molar-refractivity contribution is 6.69. The largest absolute Gasteiger partial charge is 0.478 e. The van der Waals surface area contributed by atoms with Crippen LogP contribution in [-0.2, 0) is 0 Å². The number of nitrogens with zero attached hydrogens (tertiary/aromatic N) is 1. The molecule has 0 saturated carbocycles. The molecule has 0 aliphatic heterocycles. The minimum Gasteiger partial charge on any atom is -0.478 e. The SMILES string of the molecule is O=C(O)c1ccccc1/C(Cl)=N\O. The number of oxime groups is 1. The molecular formula is C8H6ClNO3. The van der Waals surface area contributed by atoms with E-state index in [1.165, 1.54) is 12.1 Å². The first kappa shape index (κ1) is 9.54. The van der Waals surface area contributed by atoms with E-state index in [9.17, 15) is 4.79 Å². The predicted octanol–water partition coefficient (Wildman–Crippen LogP) is 1.76. The smallest absolute Gasteiger partial charge is 0.336 e. The fraction of sp³-hybridized carbons (Fsp3) is 0. The molecule has 0 spiro atoms. The van der Waals surface area contributed by atoms with Crippen molar-refractivity contribution < 1.29 is 15.1 Å². The van der Waals surface area contributed by atoms with Crippen molar-refractivity contribution in [1.82, 2.24) is 0 Å². The molecule has 0 aliphatic rings. The van der Waals surface area contributed by atoms with Crippen LogP contribution in [0.25, 0.3) is 0 Å². The Hall–Kier alpha value is -1.55. The van der Waals surface area contributed by atoms with Crippen molar-refractivity contribution in [2.24, 2.45) is 5.16 Å². The molecule has 13 heavy (non-hydrogen) atoms. The topological polar surface area (TPSA) is 69.9 Å². The second-order valence-electron chi connectivity index (χ2n) is 2.24. The molecule has 0 aliphatic carbocycles. The molecule has 5 heteroatoms. The summed E-state index contributed by atoms with van der Waals surface area (Å²) < 4.78 is 0. The summed E-state index contributed by atoms with van der Waals surface area (Å²) in [5, 5.41) is 19.6. The summed E-state index contributed by atoms with van der Waals surface area (Å²) >= 11 is 5.48. The van der Waals surface area contributed by atoms with Crippen molar-refractivity contribution in [1.29, 1.82) is 0 Å². The van der Waals surface area contributed by atoms with Gasteiger partial charge in [-0.15, -0.1) is 0 Å². The maximum absolute atomic E-state index is 10.6. The number of rotatable bonds is 2. The van der Waals surface area contributed by atoms with E-state index in [1.807, 2.05) is 0 Å². The maximum atomic E-state index is 10.6. The molecule has 68 valence electrons. The van der Waals surface area contributed by atoms with Crippen LogP contribution in [0.5, 0.6) is 0 Å². The summed E-state index contributed by atoms with van der Waals surface area (Å²) in [4.78, 5) is 10.6. The second kappa shape index (κ2) is 3.91. The summed E-state index contributed by atoms with van der Waals surface area (Å²) in [5.41, 5.74) is 0.199. The van der Waals surface area contributed by atoms with Crippen LogP contribution in [-0.4, -0.2) is 21.5 Å². The van der Waals surface area contributed by atoms with E-state index in [0.29, 0.717) is 0 Å². The van der Waals surface area contributed by atoms with Crippen molar-refractivity contribution >= 4 is 22.7 Å². The van der Waals surface area contributed by atoms with Gasteiger partial charge in [-0.2, -0.15) is 0 Å². The highest BCUT2D eigenvalue weighted by Crippen LogP contribution is 2.11. The van der Waals surface area contributed by atoms with Crippen LogP contribution >= 0.6 is 11.6 Å². The fourth-order valence-electron chi connectivity index (χ4n) is 0.903. The summed E-state index contributed by atoms with van der Waals surface area (Å²) in [6.45, 7) is 0. The molecule has 0 bridgehead atoms. The van der Waals surface area contributed by atoms with E-state index in [-0.39, 0.29) is 16.3 Å². The van der Waals surface area contributed by atoms with Crippen molar-refractivity contribution in [3.05, 3.63) is 35.4 Å². The Kier molecular flexibility index (Phi) is 2.87. The highest BCUT2D eigenvalue weighted by Gasteiger charge is 2.12. The van der Waals surface area contributed by atoms with Gasteiger partial charge in [0, 0.05) is 5.56 Å². The van der Waals surface area contributed by atoms with Crippen molar-refractivity contribution in [3.63, 3.8) is 0 Å². The van der Waals surface area contributed by atoms with Gasteiger partial charge < -0.3 is 10.3 Å². The van der Waals surface area contributed by atoms with Gasteiger partial charge in [0.15, 0.2) is 5.17 Å². The maximum Gasteiger partial charge on any atom is 0.336 e. The molecule has 1 aromatic carbocycles. The Morgan fingerprint density at radius 3 is 2.31 bits per heavy atom. The number of halogens is 1. The number of aromatic carboxylic acids is 1. The first-order chi connectivity index (χ1) is 6.16. The zero-order valence-electron chi connectivity index (χ0n) is 6.44. The summed E-state index contributed by atoms with van der Waals surface area (Å²) in [6.07, 6.45) is 0. The first-order valence-corrected chi connectivity index (χ1v) is 3.75. The molecule has 0 heterocycles. The summed E-state index contributed by atoms with van der Waals surface area (Å²) in [6, 6.07) is 6.01. The van der Waals surface area contributed by atoms with Crippen molar-refractivity contribution in [2.45, 2.75) is 0 Å². The number of hydrogen-bond donors (Lipinski definition) is 2. The molecule has 0 amide bonds. The van der Waals surface area contributed by atoms with Crippen LogP contribution in [0.1, 0.15) is 15.9 Å². The van der Waals surface area contributed by atoms with Crippen LogP contribution in [0.3, 0.4) is 0 Å². The third-order valence-corrected chi connectivity index (χ3v) is 1.75. The van der Waals surface area contributed by atoms with E-state index in [2.05, 4.69) is 5.16 Å². The number of carboxylic acids is 1. The summed E-state index contributed by atoms with van der Waals surface area (Å²) in [5.74, 6) is -1.11. The average molecular weight is 200 g/mol. The number of benzene rings is 1. The van der Waals surface area contributed by atoms with Crippen LogP contribution in [0.15, 0.2) is 29.4 Å². The Balaban J connectivity index is 3.28. The Labute approximate surface area is 79.1 Å². The fourth-order valence-corrected chi connectivity index (χ4v) is 1.07. The first-order valence-electron chi connectivity index (χ1n) is 3.37. The highest BCUT2D eigenvalue weighted by atomic mass is 35.5. The Morgan fingerprint density at radius 1 is 1.31 bits per heavy atom. The lowest BCUT2D eigenvalue weighted by molar-refractivity contribution is 0.0696. The van der Waals surface area contributed by atoms with E-state index < -0.39 is 5.97 Å². The zero-order valence-corrected chi connectivity index (χ0v) is 7.19. The molecule has 0 unspecified atom stereocenters. The Morgan fingerprint density at radius 2 is 1.85 bits per heavy atom. The minimum absolute atomic E-state index is 0.00491. The van der Waals surface area contributed by atoms with E-state index in [1.54, 1.807) is 12.1 Å². The van der Waals surface area contributed by atoms with Gasteiger partial charge in [0.1, 0.15) is 0 Å². The van der Waals surface area contributed by atoms with E-state index in [4.69, 9.17) is 21.9 Å². The van der Waals surface area contributed by atoms with Crippen LogP contribution in [0.4, 0.5) is 0 Å². The van der Waals surface area contributed by atoms with Gasteiger partial charge in [-0.1, -0.05) is 35.0 Å². The number of carboxylic acid groups (broad SMARTS) is 1. The molecule has 4 nitrogen and oxygen atoms in total. The molecule has 0 atom stereocenters. The third-order valence-electron chi connectivity index (χ3n) is 1.47.